The van der Waals surface area contributed by atoms with Gasteiger partial charge in [-0.1, -0.05) is 54.6 Å². The van der Waals surface area contributed by atoms with Crippen LogP contribution in [0.15, 0.2) is 66.7 Å². The Kier molecular flexibility index (Phi) is 2.46. The van der Waals surface area contributed by atoms with E-state index in [0.29, 0.717) is 0 Å². The van der Waals surface area contributed by atoms with E-state index in [1.54, 1.807) is 0 Å². The fraction of sp³-hybridized carbons (Fsp3) is 0. The lowest BCUT2D eigenvalue weighted by atomic mass is 10.0. The first-order valence-corrected chi connectivity index (χ1v) is 6.54. The van der Waals surface area contributed by atoms with Gasteiger partial charge in [-0.05, 0) is 22.9 Å². The minimum atomic E-state index is 0.856. The predicted molar refractivity (Wildman–Crippen MR) is 81.3 cm³/mol. The lowest BCUT2D eigenvalue weighted by Gasteiger charge is -2.03. The molecule has 1 heterocycles. The van der Waals surface area contributed by atoms with Crippen molar-refractivity contribution < 1.29 is 0 Å². The van der Waals surface area contributed by atoms with Crippen molar-refractivity contribution in [2.24, 2.45) is 0 Å². The quantitative estimate of drug-likeness (QED) is 0.508. The van der Waals surface area contributed by atoms with Crippen molar-refractivity contribution in [2.75, 3.05) is 0 Å². The molecule has 2 nitrogen and oxygen atoms in total. The molecule has 0 aliphatic heterocycles. The summed E-state index contributed by atoms with van der Waals surface area (Å²) >= 11 is 0. The fourth-order valence-electron chi connectivity index (χ4n) is 2.38. The predicted octanol–water partition coefficient (Wildman–Crippen LogP) is 4.25. The Balaban J connectivity index is 1.91. The van der Waals surface area contributed by atoms with Gasteiger partial charge in [-0.15, -0.1) is 10.2 Å². The van der Waals surface area contributed by atoms with Crippen LogP contribution in [0, 0.1) is 6.07 Å². The van der Waals surface area contributed by atoms with E-state index in [1.807, 2.05) is 36.4 Å². The summed E-state index contributed by atoms with van der Waals surface area (Å²) < 4.78 is 0. The molecule has 93 valence electrons. The average Bonchev–Trinajstić information content (AvgIpc) is 2.54. The molecule has 0 amide bonds. The number of fused-ring (bicyclic) bond motifs is 2. The van der Waals surface area contributed by atoms with Crippen LogP contribution < -0.4 is 0 Å². The number of hydrogen-bond donors (Lipinski definition) is 0. The second-order valence-corrected chi connectivity index (χ2v) is 4.75. The molecule has 2 heteroatoms. The highest BCUT2D eigenvalue weighted by molar-refractivity contribution is 5.87. The van der Waals surface area contributed by atoms with Crippen LogP contribution in [-0.4, -0.2) is 10.2 Å². The average molecular weight is 255 g/mol. The lowest BCUT2D eigenvalue weighted by molar-refractivity contribution is 1.08. The molecule has 0 saturated carbocycles. The lowest BCUT2D eigenvalue weighted by Crippen LogP contribution is -1.89. The van der Waals surface area contributed by atoms with Gasteiger partial charge in [-0.2, -0.15) is 0 Å². The van der Waals surface area contributed by atoms with Crippen molar-refractivity contribution in [1.29, 1.82) is 0 Å². The molecule has 0 spiro atoms. The van der Waals surface area contributed by atoms with Gasteiger partial charge in [0.1, 0.15) is 0 Å². The Hall–Kier alpha value is -2.74. The van der Waals surface area contributed by atoms with E-state index in [9.17, 15) is 0 Å². The normalized spacial score (nSPS) is 11.0. The Bertz CT molecular complexity index is 836. The summed E-state index contributed by atoms with van der Waals surface area (Å²) in [7, 11) is 0. The van der Waals surface area contributed by atoms with E-state index in [0.717, 1.165) is 27.5 Å². The molecule has 4 aromatic rings. The SMILES string of the molecule is [c]1c(-c2cc3ccccc3nn2)ccc2ccccc12. The molecule has 3 aromatic carbocycles. The third-order valence-electron chi connectivity index (χ3n) is 3.43. The highest BCUT2D eigenvalue weighted by Gasteiger charge is 2.04. The summed E-state index contributed by atoms with van der Waals surface area (Å²) in [4.78, 5) is 0. The molecule has 0 aliphatic rings. The van der Waals surface area contributed by atoms with Gasteiger partial charge in [0.05, 0.1) is 11.2 Å². The van der Waals surface area contributed by atoms with Crippen molar-refractivity contribution in [3.05, 3.63) is 72.8 Å². The Labute approximate surface area is 116 Å². The maximum atomic E-state index is 4.30. The van der Waals surface area contributed by atoms with Crippen LogP contribution in [0.2, 0.25) is 0 Å². The summed E-state index contributed by atoms with van der Waals surface area (Å²) in [5.41, 5.74) is 2.74. The number of aromatic nitrogens is 2. The van der Waals surface area contributed by atoms with Crippen molar-refractivity contribution >= 4 is 21.7 Å². The van der Waals surface area contributed by atoms with Gasteiger partial charge in [-0.3, -0.25) is 0 Å². The molecule has 0 bridgehead atoms. The summed E-state index contributed by atoms with van der Waals surface area (Å²) in [6, 6.07) is 25.8. The van der Waals surface area contributed by atoms with E-state index in [-0.39, 0.29) is 0 Å². The summed E-state index contributed by atoms with van der Waals surface area (Å²) in [5.74, 6) is 0. The van der Waals surface area contributed by atoms with Gasteiger partial charge < -0.3 is 0 Å². The maximum Gasteiger partial charge on any atom is 0.0942 e. The number of rotatable bonds is 1. The molecule has 0 unspecified atom stereocenters. The van der Waals surface area contributed by atoms with Crippen LogP contribution in [0.5, 0.6) is 0 Å². The molecular formula is C18H11N2. The molecule has 0 aliphatic carbocycles. The molecule has 0 fully saturated rings. The Morgan fingerprint density at radius 3 is 2.45 bits per heavy atom. The van der Waals surface area contributed by atoms with E-state index in [1.165, 1.54) is 5.39 Å². The largest absolute Gasteiger partial charge is 0.150 e. The van der Waals surface area contributed by atoms with Crippen molar-refractivity contribution in [3.8, 4) is 11.3 Å². The monoisotopic (exact) mass is 255 g/mol. The van der Waals surface area contributed by atoms with Crippen LogP contribution >= 0.6 is 0 Å². The minimum Gasteiger partial charge on any atom is -0.150 e. The first kappa shape index (κ1) is 11.1. The Morgan fingerprint density at radius 2 is 1.50 bits per heavy atom. The minimum absolute atomic E-state index is 0.856. The van der Waals surface area contributed by atoms with Gasteiger partial charge in [0.2, 0.25) is 0 Å². The van der Waals surface area contributed by atoms with E-state index in [2.05, 4.69) is 46.6 Å². The van der Waals surface area contributed by atoms with Gasteiger partial charge in [0.15, 0.2) is 0 Å². The second-order valence-electron chi connectivity index (χ2n) is 4.75. The van der Waals surface area contributed by atoms with Crippen molar-refractivity contribution in [1.82, 2.24) is 10.2 Å². The molecule has 0 N–H and O–H groups in total. The maximum absolute atomic E-state index is 4.30. The number of benzene rings is 3. The van der Waals surface area contributed by atoms with Crippen LogP contribution in [0.3, 0.4) is 0 Å². The topological polar surface area (TPSA) is 25.8 Å². The van der Waals surface area contributed by atoms with Crippen LogP contribution in [0.4, 0.5) is 0 Å². The molecule has 1 aromatic heterocycles. The van der Waals surface area contributed by atoms with E-state index in [4.69, 9.17) is 0 Å². The Morgan fingerprint density at radius 1 is 0.700 bits per heavy atom. The van der Waals surface area contributed by atoms with Gasteiger partial charge in [-0.25, -0.2) is 0 Å². The molecular weight excluding hydrogens is 244 g/mol. The summed E-state index contributed by atoms with van der Waals surface area (Å²) in [5, 5.41) is 11.9. The molecule has 0 saturated heterocycles. The number of hydrogen-bond acceptors (Lipinski definition) is 2. The summed E-state index contributed by atoms with van der Waals surface area (Å²) in [6.07, 6.45) is 0. The fourth-order valence-corrected chi connectivity index (χ4v) is 2.38. The first-order valence-electron chi connectivity index (χ1n) is 6.54. The zero-order valence-electron chi connectivity index (χ0n) is 10.7. The van der Waals surface area contributed by atoms with Crippen LogP contribution in [0.25, 0.3) is 32.9 Å². The molecule has 0 atom stereocenters. The van der Waals surface area contributed by atoms with Crippen molar-refractivity contribution in [2.45, 2.75) is 0 Å². The van der Waals surface area contributed by atoms with Gasteiger partial charge in [0, 0.05) is 17.0 Å². The van der Waals surface area contributed by atoms with E-state index >= 15 is 0 Å². The van der Waals surface area contributed by atoms with E-state index < -0.39 is 0 Å². The standard InChI is InChI=1S/C18H11N2/c1-2-6-14-11-16(10-9-13(14)5-1)18-12-15-7-3-4-8-17(15)19-20-18/h1-10,12H. The molecule has 4 rings (SSSR count). The molecule has 20 heavy (non-hydrogen) atoms. The number of nitrogens with zero attached hydrogens (tertiary/aromatic N) is 2. The van der Waals surface area contributed by atoms with Crippen LogP contribution in [-0.2, 0) is 0 Å². The smallest absolute Gasteiger partial charge is 0.0942 e. The van der Waals surface area contributed by atoms with Crippen LogP contribution in [0.1, 0.15) is 0 Å². The van der Waals surface area contributed by atoms with Gasteiger partial charge >= 0.3 is 0 Å². The zero-order chi connectivity index (χ0) is 13.4. The zero-order valence-corrected chi connectivity index (χ0v) is 10.7. The summed E-state index contributed by atoms with van der Waals surface area (Å²) in [6.45, 7) is 0. The highest BCUT2D eigenvalue weighted by Crippen LogP contribution is 2.23. The van der Waals surface area contributed by atoms with Crippen molar-refractivity contribution in [3.63, 3.8) is 0 Å². The van der Waals surface area contributed by atoms with Gasteiger partial charge in [0.25, 0.3) is 0 Å². The highest BCUT2D eigenvalue weighted by atomic mass is 15.1. The third kappa shape index (κ3) is 1.82. The second kappa shape index (κ2) is 4.42. The third-order valence-corrected chi connectivity index (χ3v) is 3.43. The first-order chi connectivity index (χ1) is 9.90. The molecule has 1 radical (unpaired) electrons.